The molecule has 0 aliphatic carbocycles. The fourth-order valence-electron chi connectivity index (χ4n) is 2.01. The van der Waals surface area contributed by atoms with Crippen LogP contribution < -0.4 is 10.6 Å². The molecule has 2 N–H and O–H groups in total. The number of hydrogen-bond acceptors (Lipinski definition) is 4. The standard InChI is InChI=1S/C15H21N2O3P/c1-11(16-2)14(18)17-13(15(19)21-9-20-10-21)8-12-6-4-3-5-7-12/h3-7,11,13,16H,8-10H2,1-2H3,(H,17,18)/t11-,13-/m1/s1. The highest BCUT2D eigenvalue weighted by Crippen LogP contribution is 2.45. The summed E-state index contributed by atoms with van der Waals surface area (Å²) in [7, 11) is 0.979. The number of amides is 1. The number of carbonyl (C=O) groups is 2. The summed E-state index contributed by atoms with van der Waals surface area (Å²) in [5.41, 5.74) is 1.17. The molecule has 0 radical (unpaired) electrons. The van der Waals surface area contributed by atoms with E-state index < -0.39 is 14.0 Å². The van der Waals surface area contributed by atoms with Crippen LogP contribution in [0.15, 0.2) is 30.3 Å². The quantitative estimate of drug-likeness (QED) is 0.745. The van der Waals surface area contributed by atoms with Gasteiger partial charge in [-0.3, -0.25) is 9.59 Å². The molecule has 2 atom stereocenters. The molecule has 0 unspecified atom stereocenters. The van der Waals surface area contributed by atoms with Crippen molar-refractivity contribution in [2.75, 3.05) is 19.7 Å². The van der Waals surface area contributed by atoms with E-state index in [0.717, 1.165) is 5.56 Å². The second-order valence-electron chi connectivity index (χ2n) is 5.10. The van der Waals surface area contributed by atoms with E-state index in [1.165, 1.54) is 0 Å². The first-order chi connectivity index (χ1) is 10.1. The predicted octanol–water partition coefficient (Wildman–Crippen LogP) is 1.28. The molecule has 1 saturated heterocycles. The van der Waals surface area contributed by atoms with E-state index in [0.29, 0.717) is 19.1 Å². The average Bonchev–Trinajstić information content (AvgIpc) is 2.44. The molecule has 0 saturated carbocycles. The summed E-state index contributed by atoms with van der Waals surface area (Å²) in [6, 6.07) is 8.97. The second kappa shape index (κ2) is 7.64. The fraction of sp³-hybridized carbons (Fsp3) is 0.467. The van der Waals surface area contributed by atoms with Crippen molar-refractivity contribution < 1.29 is 14.3 Å². The van der Waals surface area contributed by atoms with Crippen molar-refractivity contribution >= 4 is 19.4 Å². The van der Waals surface area contributed by atoms with Crippen LogP contribution in [0.5, 0.6) is 0 Å². The monoisotopic (exact) mass is 308 g/mol. The van der Waals surface area contributed by atoms with Gasteiger partial charge >= 0.3 is 0 Å². The molecular weight excluding hydrogens is 287 g/mol. The van der Waals surface area contributed by atoms with E-state index in [9.17, 15) is 9.59 Å². The van der Waals surface area contributed by atoms with Crippen molar-refractivity contribution in [2.24, 2.45) is 0 Å². The number of rotatable bonds is 7. The molecule has 114 valence electrons. The van der Waals surface area contributed by atoms with Crippen LogP contribution in [0.3, 0.4) is 0 Å². The number of benzene rings is 1. The highest BCUT2D eigenvalue weighted by atomic mass is 31.1. The zero-order chi connectivity index (χ0) is 15.2. The van der Waals surface area contributed by atoms with Gasteiger partial charge in [-0.1, -0.05) is 30.3 Å². The minimum atomic E-state index is -0.745. The zero-order valence-corrected chi connectivity index (χ0v) is 13.2. The third-order valence-corrected chi connectivity index (χ3v) is 5.45. The minimum Gasteiger partial charge on any atom is -0.371 e. The predicted molar refractivity (Wildman–Crippen MR) is 83.3 cm³/mol. The van der Waals surface area contributed by atoms with Crippen molar-refractivity contribution in [3.05, 3.63) is 35.9 Å². The van der Waals surface area contributed by atoms with Crippen LogP contribution in [0.4, 0.5) is 0 Å². The Morgan fingerprint density at radius 2 is 1.95 bits per heavy atom. The van der Waals surface area contributed by atoms with Crippen LogP contribution in [0.25, 0.3) is 0 Å². The maximum Gasteiger partial charge on any atom is 0.237 e. The van der Waals surface area contributed by atoms with Crippen LogP contribution in [-0.4, -0.2) is 43.3 Å². The van der Waals surface area contributed by atoms with E-state index in [-0.39, 0.29) is 17.5 Å². The molecular formula is C15H21N2O3P. The molecule has 1 aromatic carbocycles. The third kappa shape index (κ3) is 4.34. The van der Waals surface area contributed by atoms with Gasteiger partial charge in [-0.25, -0.2) is 0 Å². The van der Waals surface area contributed by atoms with Crippen molar-refractivity contribution in [1.82, 2.24) is 10.6 Å². The molecule has 0 aromatic heterocycles. The largest absolute Gasteiger partial charge is 0.371 e. The maximum atomic E-state index is 12.5. The van der Waals surface area contributed by atoms with Gasteiger partial charge < -0.3 is 15.4 Å². The highest BCUT2D eigenvalue weighted by Gasteiger charge is 2.33. The lowest BCUT2D eigenvalue weighted by molar-refractivity contribution is -0.126. The molecule has 1 aliphatic rings. The number of ether oxygens (including phenoxy) is 1. The van der Waals surface area contributed by atoms with E-state index in [1.807, 2.05) is 30.3 Å². The van der Waals surface area contributed by atoms with Gasteiger partial charge in [0.25, 0.3) is 0 Å². The second-order valence-corrected chi connectivity index (χ2v) is 7.14. The normalized spacial score (nSPS) is 17.6. The van der Waals surface area contributed by atoms with E-state index in [2.05, 4.69) is 10.6 Å². The zero-order valence-electron chi connectivity index (χ0n) is 12.3. The van der Waals surface area contributed by atoms with Crippen molar-refractivity contribution in [3.8, 4) is 0 Å². The first-order valence-corrected chi connectivity index (χ1v) is 8.71. The molecule has 1 aromatic rings. The Bertz CT molecular complexity index is 491. The smallest absolute Gasteiger partial charge is 0.237 e. The molecule has 1 heterocycles. The molecule has 0 bridgehead atoms. The average molecular weight is 308 g/mol. The Labute approximate surface area is 126 Å². The molecule has 6 heteroatoms. The lowest BCUT2D eigenvalue weighted by Gasteiger charge is -2.29. The minimum absolute atomic E-state index is 0.122. The number of hydrogen-bond donors (Lipinski definition) is 2. The Hall–Kier alpha value is -1.29. The summed E-state index contributed by atoms with van der Waals surface area (Å²) in [5, 5.41) is 5.76. The number of carbonyl (C=O) groups excluding carboxylic acids is 2. The van der Waals surface area contributed by atoms with Crippen LogP contribution >= 0.6 is 7.92 Å². The third-order valence-electron chi connectivity index (χ3n) is 3.53. The summed E-state index contributed by atoms with van der Waals surface area (Å²) in [6.45, 7) is 1.77. The molecule has 5 nitrogen and oxygen atoms in total. The van der Waals surface area contributed by atoms with Crippen molar-refractivity contribution in [1.29, 1.82) is 0 Å². The van der Waals surface area contributed by atoms with Gasteiger partial charge in [0.1, 0.15) is 0 Å². The van der Waals surface area contributed by atoms with Gasteiger partial charge in [0.2, 0.25) is 5.91 Å². The molecule has 1 aliphatic heterocycles. The van der Waals surface area contributed by atoms with Gasteiger partial charge in [-0.2, -0.15) is 0 Å². The topological polar surface area (TPSA) is 67.4 Å². The fourth-order valence-corrected chi connectivity index (χ4v) is 3.22. The highest BCUT2D eigenvalue weighted by molar-refractivity contribution is 7.75. The molecule has 21 heavy (non-hydrogen) atoms. The molecule has 2 rings (SSSR count). The molecule has 1 amide bonds. The SMILES string of the molecule is CN[C@H](C)C(=O)N[C@H](Cc1ccccc1)C(=O)P1COC1. The van der Waals surface area contributed by atoms with E-state index >= 15 is 0 Å². The lowest BCUT2D eigenvalue weighted by Crippen LogP contribution is -2.49. The first-order valence-electron chi connectivity index (χ1n) is 7.00. The Morgan fingerprint density at radius 3 is 2.48 bits per heavy atom. The summed E-state index contributed by atoms with van der Waals surface area (Å²) in [5.74, 6) is -0.150. The number of nitrogens with one attached hydrogen (secondary N) is 2. The van der Waals surface area contributed by atoms with Gasteiger partial charge in [0.05, 0.1) is 24.8 Å². The van der Waals surface area contributed by atoms with Crippen molar-refractivity contribution in [2.45, 2.75) is 25.4 Å². The molecule has 1 fully saturated rings. The Kier molecular flexibility index (Phi) is 5.85. The van der Waals surface area contributed by atoms with Crippen LogP contribution in [-0.2, 0) is 20.7 Å². The van der Waals surface area contributed by atoms with E-state index in [1.54, 1.807) is 14.0 Å². The molecule has 0 spiro atoms. The van der Waals surface area contributed by atoms with Crippen LogP contribution in [0.2, 0.25) is 0 Å². The van der Waals surface area contributed by atoms with Crippen LogP contribution in [0.1, 0.15) is 12.5 Å². The Balaban J connectivity index is 2.06. The van der Waals surface area contributed by atoms with Gasteiger partial charge in [0, 0.05) is 14.3 Å². The van der Waals surface area contributed by atoms with Crippen molar-refractivity contribution in [3.63, 3.8) is 0 Å². The first kappa shape index (κ1) is 16.1. The summed E-state index contributed by atoms with van der Waals surface area (Å²) < 4.78 is 5.11. The Morgan fingerprint density at radius 1 is 1.29 bits per heavy atom. The van der Waals surface area contributed by atoms with Gasteiger partial charge in [0.15, 0.2) is 5.52 Å². The van der Waals surface area contributed by atoms with E-state index in [4.69, 9.17) is 4.74 Å². The summed E-state index contributed by atoms with van der Waals surface area (Å²) in [4.78, 5) is 24.5. The number of likely N-dealkylation sites (N-methyl/N-ethyl adjacent to an activating group) is 1. The summed E-state index contributed by atoms with van der Waals surface area (Å²) >= 11 is 0. The van der Waals surface area contributed by atoms with Gasteiger partial charge in [-0.15, -0.1) is 0 Å². The maximum absolute atomic E-state index is 12.5. The van der Waals surface area contributed by atoms with Gasteiger partial charge in [-0.05, 0) is 19.5 Å². The lowest BCUT2D eigenvalue weighted by atomic mass is 10.1. The summed E-state index contributed by atoms with van der Waals surface area (Å²) in [6.07, 6.45) is 1.58. The van der Waals surface area contributed by atoms with Crippen LogP contribution in [0, 0.1) is 0 Å².